The van der Waals surface area contributed by atoms with E-state index in [0.717, 1.165) is 21.5 Å². The third kappa shape index (κ3) is 2.34. The Morgan fingerprint density at radius 3 is 1.24 bits per heavy atom. The summed E-state index contributed by atoms with van der Waals surface area (Å²) in [6.07, 6.45) is 3.77. The van der Waals surface area contributed by atoms with E-state index >= 15 is 0 Å². The summed E-state index contributed by atoms with van der Waals surface area (Å²) in [4.78, 5) is 27.4. The lowest BCUT2D eigenvalue weighted by molar-refractivity contribution is 1.33. The quantitative estimate of drug-likeness (QED) is 0.264. The average Bonchev–Trinajstić information content (AvgIpc) is 3.33. The first-order valence-electron chi connectivity index (χ1n) is 10.4. The number of benzene rings is 3. The van der Waals surface area contributed by atoms with Crippen LogP contribution in [0.3, 0.4) is 0 Å². The molecule has 0 radical (unpaired) electrons. The number of nitriles is 2. The number of aromatic nitrogens is 4. The molecule has 0 N–H and O–H groups in total. The molecule has 0 aliphatic rings. The number of hydrogen-bond donors (Lipinski definition) is 0. The molecule has 0 aliphatic heterocycles. The van der Waals surface area contributed by atoms with E-state index in [1.807, 2.05) is 73.0 Å². The van der Waals surface area contributed by atoms with Gasteiger partial charge in [0.15, 0.2) is 0 Å². The van der Waals surface area contributed by atoms with Gasteiger partial charge in [-0.2, -0.15) is 20.5 Å². The molecule has 5 aromatic carbocycles. The van der Waals surface area contributed by atoms with Crippen molar-refractivity contribution >= 4 is 65.7 Å². The number of hydrogen-bond acceptors (Lipinski definition) is 8. The monoisotopic (exact) mass is 434 g/mol. The van der Waals surface area contributed by atoms with Crippen molar-refractivity contribution in [2.45, 2.75) is 0 Å². The molecule has 154 valence electrons. The Morgan fingerprint density at radius 2 is 0.853 bits per heavy atom. The van der Waals surface area contributed by atoms with Crippen LogP contribution in [-0.4, -0.2) is 19.9 Å². The predicted molar refractivity (Wildman–Crippen MR) is 127 cm³/mol. The molecule has 0 saturated heterocycles. The predicted octanol–water partition coefficient (Wildman–Crippen LogP) is 3.82. The summed E-state index contributed by atoms with van der Waals surface area (Å²) < 4.78 is 0. The second-order valence-corrected chi connectivity index (χ2v) is 7.88. The minimum absolute atomic E-state index is 0.522. The summed E-state index contributed by atoms with van der Waals surface area (Å²) in [7, 11) is 0. The number of fused-ring (bicyclic) bond motifs is 8. The van der Waals surface area contributed by atoms with Gasteiger partial charge in [-0.25, -0.2) is 19.9 Å². The summed E-state index contributed by atoms with van der Waals surface area (Å²) in [5.41, 5.74) is 5.11. The fourth-order valence-electron chi connectivity index (χ4n) is 4.69. The molecule has 34 heavy (non-hydrogen) atoms. The SMILES string of the molecule is N#CN=c1c2ccccc2c2nc3cc4nc5c(=NC#N)c6ccccc6c5nc4cc3nc12. The Morgan fingerprint density at radius 1 is 0.500 bits per heavy atom. The van der Waals surface area contributed by atoms with Crippen molar-refractivity contribution in [3.63, 3.8) is 0 Å². The normalized spacial score (nSPS) is 13.0. The molecule has 0 fully saturated rings. The van der Waals surface area contributed by atoms with Crippen molar-refractivity contribution in [1.82, 2.24) is 19.9 Å². The Labute approximate surface area is 190 Å². The molecule has 0 saturated carbocycles. The third-order valence-corrected chi connectivity index (χ3v) is 6.10. The zero-order valence-corrected chi connectivity index (χ0v) is 17.4. The fraction of sp³-hybridized carbons (Fsp3) is 0. The van der Waals surface area contributed by atoms with Crippen LogP contribution in [0.25, 0.3) is 65.7 Å². The highest BCUT2D eigenvalue weighted by Gasteiger charge is 2.16. The molecular weight excluding hydrogens is 424 g/mol. The Kier molecular flexibility index (Phi) is 3.53. The lowest BCUT2D eigenvalue weighted by Crippen LogP contribution is -2.01. The molecule has 0 aliphatic carbocycles. The molecular formula is C26H10N8. The number of rotatable bonds is 0. The molecule has 7 aromatic rings. The maximum absolute atomic E-state index is 9.23. The van der Waals surface area contributed by atoms with Gasteiger partial charge in [0.05, 0.1) is 33.1 Å². The van der Waals surface area contributed by atoms with Crippen LogP contribution in [0.5, 0.6) is 0 Å². The van der Waals surface area contributed by atoms with Gasteiger partial charge in [0.1, 0.15) is 21.7 Å². The van der Waals surface area contributed by atoms with Gasteiger partial charge in [-0.05, 0) is 12.1 Å². The summed E-state index contributed by atoms with van der Waals surface area (Å²) in [6, 6.07) is 19.1. The van der Waals surface area contributed by atoms with Gasteiger partial charge in [0.2, 0.25) is 12.4 Å². The van der Waals surface area contributed by atoms with Gasteiger partial charge in [0.25, 0.3) is 0 Å². The molecule has 0 bridgehead atoms. The second-order valence-electron chi connectivity index (χ2n) is 7.88. The first kappa shape index (κ1) is 18.3. The first-order valence-corrected chi connectivity index (χ1v) is 10.4. The van der Waals surface area contributed by atoms with E-state index < -0.39 is 0 Å². The van der Waals surface area contributed by atoms with Crippen molar-refractivity contribution in [2.75, 3.05) is 0 Å². The highest BCUT2D eigenvalue weighted by Crippen LogP contribution is 2.28. The molecule has 0 unspecified atom stereocenters. The Hall–Kier alpha value is -5.34. The zero-order valence-electron chi connectivity index (χ0n) is 17.4. The number of nitrogens with zero attached hydrogens (tertiary/aromatic N) is 8. The molecule has 2 heterocycles. The van der Waals surface area contributed by atoms with Gasteiger partial charge < -0.3 is 0 Å². The van der Waals surface area contributed by atoms with Crippen molar-refractivity contribution < 1.29 is 0 Å². The topological polar surface area (TPSA) is 124 Å². The summed E-state index contributed by atoms with van der Waals surface area (Å²) in [5.74, 6) is 0. The van der Waals surface area contributed by atoms with Crippen LogP contribution in [0.4, 0.5) is 0 Å². The van der Waals surface area contributed by atoms with E-state index in [9.17, 15) is 10.5 Å². The van der Waals surface area contributed by atoms with E-state index in [0.29, 0.717) is 54.8 Å². The maximum Gasteiger partial charge on any atom is 0.206 e. The standard InChI is InChI=1S/C26H10N8/c27-11-29-21-13-5-1-3-7-15(13)23-25(21)33-19-10-18-20(9-17(19)31-23)34-26-22(30-12-28)14-6-2-4-8-16(14)24(26)32-18/h1-10H. The van der Waals surface area contributed by atoms with Crippen molar-refractivity contribution in [2.24, 2.45) is 9.98 Å². The van der Waals surface area contributed by atoms with E-state index in [1.54, 1.807) is 0 Å². The zero-order chi connectivity index (χ0) is 22.8. The molecule has 8 nitrogen and oxygen atoms in total. The van der Waals surface area contributed by atoms with E-state index in [-0.39, 0.29) is 0 Å². The lowest BCUT2D eigenvalue weighted by atomic mass is 10.2. The van der Waals surface area contributed by atoms with Crippen LogP contribution in [0.15, 0.2) is 70.6 Å². The molecule has 7 rings (SSSR count). The lowest BCUT2D eigenvalue weighted by Gasteiger charge is -2.02. The van der Waals surface area contributed by atoms with Gasteiger partial charge in [-0.15, -0.1) is 0 Å². The summed E-state index contributed by atoms with van der Waals surface area (Å²) >= 11 is 0. The summed E-state index contributed by atoms with van der Waals surface area (Å²) in [6.45, 7) is 0. The first-order chi connectivity index (χ1) is 16.8. The van der Waals surface area contributed by atoms with Crippen LogP contribution >= 0.6 is 0 Å². The van der Waals surface area contributed by atoms with E-state index in [1.165, 1.54) is 0 Å². The van der Waals surface area contributed by atoms with Gasteiger partial charge >= 0.3 is 0 Å². The van der Waals surface area contributed by atoms with Gasteiger partial charge in [-0.3, -0.25) is 0 Å². The van der Waals surface area contributed by atoms with Gasteiger partial charge in [0, 0.05) is 21.5 Å². The second kappa shape index (κ2) is 6.58. The van der Waals surface area contributed by atoms with Crippen molar-refractivity contribution in [3.05, 3.63) is 71.4 Å². The minimum atomic E-state index is 0.522. The van der Waals surface area contributed by atoms with E-state index in [2.05, 4.69) is 9.98 Å². The Balaban J connectivity index is 1.65. The fourth-order valence-corrected chi connectivity index (χ4v) is 4.69. The van der Waals surface area contributed by atoms with E-state index in [4.69, 9.17) is 19.9 Å². The molecule has 0 atom stereocenters. The van der Waals surface area contributed by atoms with Crippen molar-refractivity contribution in [3.8, 4) is 12.4 Å². The average molecular weight is 434 g/mol. The highest BCUT2D eigenvalue weighted by molar-refractivity contribution is 6.12. The van der Waals surface area contributed by atoms with Crippen LogP contribution < -0.4 is 10.7 Å². The smallest absolute Gasteiger partial charge is 0.206 e. The minimum Gasteiger partial charge on any atom is -0.244 e. The van der Waals surface area contributed by atoms with Crippen LogP contribution in [-0.2, 0) is 0 Å². The molecule has 0 spiro atoms. The van der Waals surface area contributed by atoms with Crippen molar-refractivity contribution in [1.29, 1.82) is 10.5 Å². The third-order valence-electron chi connectivity index (χ3n) is 6.10. The largest absolute Gasteiger partial charge is 0.244 e. The molecule has 8 heteroatoms. The molecule has 0 amide bonds. The highest BCUT2D eigenvalue weighted by atomic mass is 14.9. The summed E-state index contributed by atoms with van der Waals surface area (Å²) in [5, 5.41) is 23.0. The van der Waals surface area contributed by atoms with Crippen LogP contribution in [0.1, 0.15) is 0 Å². The van der Waals surface area contributed by atoms with Crippen LogP contribution in [0, 0.1) is 22.9 Å². The van der Waals surface area contributed by atoms with Crippen LogP contribution in [0.2, 0.25) is 0 Å². The maximum atomic E-state index is 9.23. The Bertz CT molecular complexity index is 2040. The van der Waals surface area contributed by atoms with Gasteiger partial charge in [-0.1, -0.05) is 48.5 Å². The molecule has 2 aromatic heterocycles.